The highest BCUT2D eigenvalue weighted by atomic mass is 32.2. The molecule has 0 saturated carbocycles. The Morgan fingerprint density at radius 3 is 2.67 bits per heavy atom. The van der Waals surface area contributed by atoms with Gasteiger partial charge in [0.15, 0.2) is 5.82 Å². The van der Waals surface area contributed by atoms with E-state index >= 15 is 0 Å². The number of amides is 2. The van der Waals surface area contributed by atoms with E-state index < -0.39 is 0 Å². The number of carbonyl (C=O) groups is 1. The topological polar surface area (TPSA) is 48.5 Å². The van der Waals surface area contributed by atoms with Crippen molar-refractivity contribution in [2.24, 2.45) is 0 Å². The molecule has 2 aliphatic heterocycles. The summed E-state index contributed by atoms with van der Waals surface area (Å²) in [7, 11) is 0. The maximum Gasteiger partial charge on any atom is 0.322 e. The zero-order valence-electron chi connectivity index (χ0n) is 12.3. The Bertz CT molecular complexity index is 484. The summed E-state index contributed by atoms with van der Waals surface area (Å²) in [4.78, 5) is 21.0. The largest absolute Gasteiger partial charge is 0.355 e. The second-order valence-electron chi connectivity index (χ2n) is 5.45. The van der Waals surface area contributed by atoms with Crippen LogP contribution in [0.3, 0.4) is 0 Å². The number of piperidine rings is 1. The number of hydrogen-bond donors (Lipinski definition) is 1. The fourth-order valence-corrected chi connectivity index (χ4v) is 3.72. The zero-order valence-corrected chi connectivity index (χ0v) is 13.1. The molecule has 1 aromatic rings. The number of nitrogens with zero attached hydrogens (tertiary/aromatic N) is 3. The molecule has 0 unspecified atom stereocenters. The molecule has 1 N–H and O–H groups in total. The first-order chi connectivity index (χ1) is 10.3. The summed E-state index contributed by atoms with van der Waals surface area (Å²) in [5.41, 5.74) is 0.836. The van der Waals surface area contributed by atoms with Crippen molar-refractivity contribution in [3.8, 4) is 0 Å². The van der Waals surface area contributed by atoms with Crippen LogP contribution >= 0.6 is 11.8 Å². The Morgan fingerprint density at radius 1 is 1.14 bits per heavy atom. The van der Waals surface area contributed by atoms with Crippen molar-refractivity contribution in [1.29, 1.82) is 0 Å². The van der Waals surface area contributed by atoms with Gasteiger partial charge >= 0.3 is 6.03 Å². The maximum atomic E-state index is 12.4. The average Bonchev–Trinajstić information content (AvgIpc) is 2.57. The van der Waals surface area contributed by atoms with Crippen LogP contribution in [0.2, 0.25) is 0 Å². The second kappa shape index (κ2) is 7.02. The minimum atomic E-state index is 0.00144. The van der Waals surface area contributed by atoms with Gasteiger partial charge in [-0.05, 0) is 31.4 Å². The number of thioether (sulfide) groups is 1. The Morgan fingerprint density at radius 2 is 1.90 bits per heavy atom. The zero-order chi connectivity index (χ0) is 14.5. The maximum absolute atomic E-state index is 12.4. The normalized spacial score (nSPS) is 19.4. The Labute approximate surface area is 130 Å². The van der Waals surface area contributed by atoms with Crippen molar-refractivity contribution in [1.82, 2.24) is 9.88 Å². The predicted octanol–water partition coefficient (Wildman–Crippen LogP) is 2.65. The Kier molecular flexibility index (Phi) is 4.85. The number of anilines is 2. The molecule has 0 bridgehead atoms. The van der Waals surface area contributed by atoms with E-state index in [4.69, 9.17) is 0 Å². The number of hydrogen-bond acceptors (Lipinski definition) is 4. The SMILES string of the molecule is O=C(Nc1cccnc1N1CCCCC1)N1CCSCC1. The molecule has 5 nitrogen and oxygen atoms in total. The number of aromatic nitrogens is 1. The molecule has 114 valence electrons. The highest BCUT2D eigenvalue weighted by molar-refractivity contribution is 7.99. The van der Waals surface area contributed by atoms with Crippen LogP contribution in [0.4, 0.5) is 16.3 Å². The fourth-order valence-electron chi connectivity index (χ4n) is 2.81. The van der Waals surface area contributed by atoms with Gasteiger partial charge in [0.2, 0.25) is 0 Å². The highest BCUT2D eigenvalue weighted by Gasteiger charge is 2.20. The van der Waals surface area contributed by atoms with Gasteiger partial charge in [0.1, 0.15) is 0 Å². The van der Waals surface area contributed by atoms with Crippen LogP contribution in [0.5, 0.6) is 0 Å². The monoisotopic (exact) mass is 306 g/mol. The molecule has 3 rings (SSSR count). The number of pyridine rings is 1. The summed E-state index contributed by atoms with van der Waals surface area (Å²) in [6.07, 6.45) is 5.49. The Hall–Kier alpha value is -1.43. The van der Waals surface area contributed by atoms with E-state index in [-0.39, 0.29) is 6.03 Å². The lowest BCUT2D eigenvalue weighted by Crippen LogP contribution is -2.41. The fraction of sp³-hybridized carbons (Fsp3) is 0.600. The van der Waals surface area contributed by atoms with Crippen molar-refractivity contribution in [2.45, 2.75) is 19.3 Å². The van der Waals surface area contributed by atoms with Crippen LogP contribution in [-0.4, -0.2) is 53.6 Å². The summed E-state index contributed by atoms with van der Waals surface area (Å²) in [5, 5.41) is 3.05. The van der Waals surface area contributed by atoms with Gasteiger partial charge in [0, 0.05) is 43.9 Å². The Balaban J connectivity index is 1.70. The van der Waals surface area contributed by atoms with Crippen molar-refractivity contribution >= 4 is 29.3 Å². The van der Waals surface area contributed by atoms with Gasteiger partial charge in [-0.15, -0.1) is 0 Å². The molecule has 21 heavy (non-hydrogen) atoms. The molecule has 0 aromatic carbocycles. The van der Waals surface area contributed by atoms with E-state index in [1.807, 2.05) is 28.8 Å². The predicted molar refractivity (Wildman–Crippen MR) is 88.2 cm³/mol. The molecule has 2 aliphatic rings. The van der Waals surface area contributed by atoms with Gasteiger partial charge in [0.25, 0.3) is 0 Å². The molecule has 6 heteroatoms. The molecular weight excluding hydrogens is 284 g/mol. The number of rotatable bonds is 2. The van der Waals surface area contributed by atoms with E-state index in [2.05, 4.69) is 15.2 Å². The molecule has 2 fully saturated rings. The van der Waals surface area contributed by atoms with Crippen LogP contribution in [0.1, 0.15) is 19.3 Å². The molecule has 0 spiro atoms. The van der Waals surface area contributed by atoms with Gasteiger partial charge < -0.3 is 15.1 Å². The van der Waals surface area contributed by atoms with Crippen molar-refractivity contribution in [3.05, 3.63) is 18.3 Å². The first kappa shape index (κ1) is 14.5. The molecule has 0 atom stereocenters. The van der Waals surface area contributed by atoms with Crippen molar-refractivity contribution in [3.63, 3.8) is 0 Å². The first-order valence-electron chi connectivity index (χ1n) is 7.68. The summed E-state index contributed by atoms with van der Waals surface area (Å²) < 4.78 is 0. The highest BCUT2D eigenvalue weighted by Crippen LogP contribution is 2.26. The van der Waals surface area contributed by atoms with E-state index in [1.165, 1.54) is 19.3 Å². The van der Waals surface area contributed by atoms with Gasteiger partial charge in [-0.25, -0.2) is 9.78 Å². The van der Waals surface area contributed by atoms with Crippen LogP contribution in [0.25, 0.3) is 0 Å². The third kappa shape index (κ3) is 3.61. The van der Waals surface area contributed by atoms with Crippen LogP contribution in [0.15, 0.2) is 18.3 Å². The standard InChI is InChI=1S/C15H22N4OS/c20-15(19-9-11-21-12-10-19)17-13-5-4-6-16-14(13)18-7-2-1-3-8-18/h4-6H,1-3,7-12H2,(H,17,20). The van der Waals surface area contributed by atoms with Crippen molar-refractivity contribution < 1.29 is 4.79 Å². The lowest BCUT2D eigenvalue weighted by molar-refractivity contribution is 0.217. The van der Waals surface area contributed by atoms with Crippen LogP contribution < -0.4 is 10.2 Å². The molecule has 3 heterocycles. The second-order valence-corrected chi connectivity index (χ2v) is 6.68. The van der Waals surface area contributed by atoms with Gasteiger partial charge in [-0.3, -0.25) is 0 Å². The third-order valence-electron chi connectivity index (χ3n) is 3.98. The minimum absolute atomic E-state index is 0.00144. The van der Waals surface area contributed by atoms with Crippen LogP contribution in [0, 0.1) is 0 Å². The van der Waals surface area contributed by atoms with E-state index in [1.54, 1.807) is 6.20 Å². The van der Waals surface area contributed by atoms with Gasteiger partial charge in [0.05, 0.1) is 5.69 Å². The summed E-state index contributed by atoms with van der Waals surface area (Å²) >= 11 is 1.91. The number of urea groups is 1. The summed E-state index contributed by atoms with van der Waals surface area (Å²) in [6.45, 7) is 3.71. The molecular formula is C15H22N4OS. The van der Waals surface area contributed by atoms with E-state index in [0.29, 0.717) is 0 Å². The van der Waals surface area contributed by atoms with Crippen LogP contribution in [-0.2, 0) is 0 Å². The number of nitrogens with one attached hydrogen (secondary N) is 1. The molecule has 2 saturated heterocycles. The smallest absolute Gasteiger partial charge is 0.322 e. The third-order valence-corrected chi connectivity index (χ3v) is 4.92. The summed E-state index contributed by atoms with van der Waals surface area (Å²) in [5.74, 6) is 2.97. The van der Waals surface area contributed by atoms with Gasteiger partial charge in [-0.1, -0.05) is 0 Å². The molecule has 1 aromatic heterocycles. The van der Waals surface area contributed by atoms with E-state index in [0.717, 1.165) is 49.2 Å². The summed E-state index contributed by atoms with van der Waals surface area (Å²) in [6, 6.07) is 3.84. The molecule has 2 amide bonds. The van der Waals surface area contributed by atoms with Gasteiger partial charge in [-0.2, -0.15) is 11.8 Å². The average molecular weight is 306 g/mol. The lowest BCUT2D eigenvalue weighted by atomic mass is 10.1. The minimum Gasteiger partial charge on any atom is -0.355 e. The number of carbonyl (C=O) groups excluding carboxylic acids is 1. The van der Waals surface area contributed by atoms with Crippen molar-refractivity contribution in [2.75, 3.05) is 47.9 Å². The quantitative estimate of drug-likeness (QED) is 0.912. The lowest BCUT2D eigenvalue weighted by Gasteiger charge is -2.30. The first-order valence-corrected chi connectivity index (χ1v) is 8.84. The van der Waals surface area contributed by atoms with E-state index in [9.17, 15) is 4.79 Å². The molecule has 0 radical (unpaired) electrons. The molecule has 0 aliphatic carbocycles.